The van der Waals surface area contributed by atoms with Crippen molar-refractivity contribution in [2.45, 2.75) is 24.9 Å². The van der Waals surface area contributed by atoms with E-state index >= 15 is 0 Å². The molecule has 2 atom stereocenters. The molecule has 9 nitrogen and oxygen atoms in total. The number of pyridine rings is 1. The summed E-state index contributed by atoms with van der Waals surface area (Å²) in [5.74, 6) is -0.397. The van der Waals surface area contributed by atoms with Gasteiger partial charge in [0.25, 0.3) is 5.91 Å². The van der Waals surface area contributed by atoms with Crippen LogP contribution in [0.15, 0.2) is 42.7 Å². The molecule has 0 saturated carbocycles. The molecule has 3 heterocycles. The molecule has 3 aromatic rings. The molecule has 0 spiro atoms. The van der Waals surface area contributed by atoms with Gasteiger partial charge in [0.2, 0.25) is 0 Å². The highest BCUT2D eigenvalue weighted by molar-refractivity contribution is 6.07. The van der Waals surface area contributed by atoms with Crippen molar-refractivity contribution < 1.29 is 4.79 Å². The summed E-state index contributed by atoms with van der Waals surface area (Å²) in [7, 11) is 0. The number of rotatable bonds is 3. The van der Waals surface area contributed by atoms with E-state index in [4.69, 9.17) is 17.2 Å². The molecule has 1 amide bonds. The Bertz CT molecular complexity index is 1160. The molecule has 2 aliphatic rings. The van der Waals surface area contributed by atoms with Crippen molar-refractivity contribution in [3.8, 4) is 11.3 Å². The average Bonchev–Trinajstić information content (AvgIpc) is 3.05. The third-order valence-electron chi connectivity index (χ3n) is 5.86. The number of aromatic nitrogens is 3. The molecule has 158 valence electrons. The number of carbonyl (C=O) groups excluding carboxylic acids is 1. The Hall–Kier alpha value is -3.56. The molecule has 2 unspecified atom stereocenters. The number of hydrogen-bond donors (Lipinski definition) is 4. The zero-order valence-electron chi connectivity index (χ0n) is 17.0. The minimum Gasteiger partial charge on any atom is -0.382 e. The standard InChI is InChI=1S/C22H24N8O/c23-12-4-3-9-30(11-12)16-7-8-26-10-15(16)27-22(31)20-21(25)29-19-17(24)13-5-1-2-6-14(13)18(19)28-20/h1-2,5-8,10,12,17H,3-4,9,11,23-24H2,(H2,25,29)(H,27,31). The van der Waals surface area contributed by atoms with Crippen LogP contribution >= 0.6 is 0 Å². The lowest BCUT2D eigenvalue weighted by atomic mass is 10.1. The predicted octanol–water partition coefficient (Wildman–Crippen LogP) is 1.66. The molecular weight excluding hydrogens is 392 g/mol. The van der Waals surface area contributed by atoms with Gasteiger partial charge in [-0.2, -0.15) is 0 Å². The van der Waals surface area contributed by atoms with Gasteiger partial charge in [-0.05, 0) is 24.5 Å². The monoisotopic (exact) mass is 416 g/mol. The fourth-order valence-electron chi connectivity index (χ4n) is 4.34. The fraction of sp³-hybridized carbons (Fsp3) is 0.273. The molecule has 7 N–H and O–H groups in total. The Balaban J connectivity index is 1.47. The second-order valence-corrected chi connectivity index (χ2v) is 7.95. The Kier molecular flexibility index (Phi) is 4.76. The van der Waals surface area contributed by atoms with Crippen molar-refractivity contribution in [1.29, 1.82) is 0 Å². The van der Waals surface area contributed by atoms with Gasteiger partial charge in [-0.15, -0.1) is 0 Å². The first-order valence-electron chi connectivity index (χ1n) is 10.3. The van der Waals surface area contributed by atoms with Gasteiger partial charge in [0.15, 0.2) is 11.5 Å². The van der Waals surface area contributed by atoms with Crippen molar-refractivity contribution in [1.82, 2.24) is 15.0 Å². The average molecular weight is 416 g/mol. The van der Waals surface area contributed by atoms with Gasteiger partial charge in [-0.1, -0.05) is 24.3 Å². The lowest BCUT2D eigenvalue weighted by Crippen LogP contribution is -2.43. The topological polar surface area (TPSA) is 149 Å². The molecule has 1 saturated heterocycles. The maximum atomic E-state index is 13.1. The van der Waals surface area contributed by atoms with E-state index in [1.165, 1.54) is 0 Å². The van der Waals surface area contributed by atoms with E-state index in [9.17, 15) is 4.79 Å². The smallest absolute Gasteiger partial charge is 0.278 e. The highest BCUT2D eigenvalue weighted by Crippen LogP contribution is 2.40. The van der Waals surface area contributed by atoms with Crippen LogP contribution in [0.3, 0.4) is 0 Å². The van der Waals surface area contributed by atoms with E-state index in [1.54, 1.807) is 12.4 Å². The highest BCUT2D eigenvalue weighted by Gasteiger charge is 2.31. The maximum absolute atomic E-state index is 13.1. The highest BCUT2D eigenvalue weighted by atomic mass is 16.1. The maximum Gasteiger partial charge on any atom is 0.278 e. The summed E-state index contributed by atoms with van der Waals surface area (Å²) >= 11 is 0. The molecule has 1 fully saturated rings. The fourth-order valence-corrected chi connectivity index (χ4v) is 4.34. The van der Waals surface area contributed by atoms with E-state index in [0.29, 0.717) is 17.1 Å². The quantitative estimate of drug-likeness (QED) is 0.504. The molecule has 1 aliphatic carbocycles. The van der Waals surface area contributed by atoms with Crippen molar-refractivity contribution in [3.05, 3.63) is 59.7 Å². The van der Waals surface area contributed by atoms with Crippen LogP contribution < -0.4 is 27.4 Å². The van der Waals surface area contributed by atoms with Crippen molar-refractivity contribution in [2.75, 3.05) is 29.0 Å². The van der Waals surface area contributed by atoms with Crippen LogP contribution in [0, 0.1) is 0 Å². The second-order valence-electron chi connectivity index (χ2n) is 7.95. The van der Waals surface area contributed by atoms with Gasteiger partial charge >= 0.3 is 0 Å². The number of hydrogen-bond acceptors (Lipinski definition) is 8. The minimum atomic E-state index is -0.443. The van der Waals surface area contributed by atoms with Crippen LogP contribution in [0.1, 0.15) is 40.6 Å². The molecular formula is C22H24N8O. The summed E-state index contributed by atoms with van der Waals surface area (Å²) < 4.78 is 0. The number of amides is 1. The van der Waals surface area contributed by atoms with Gasteiger partial charge in [0.05, 0.1) is 35.0 Å². The molecule has 31 heavy (non-hydrogen) atoms. The van der Waals surface area contributed by atoms with E-state index < -0.39 is 11.9 Å². The van der Waals surface area contributed by atoms with Crippen LogP contribution in [-0.2, 0) is 0 Å². The number of piperidine rings is 1. The zero-order chi connectivity index (χ0) is 21.5. The summed E-state index contributed by atoms with van der Waals surface area (Å²) in [6.45, 7) is 1.60. The first-order chi connectivity index (χ1) is 15.0. The van der Waals surface area contributed by atoms with Gasteiger partial charge in [-0.25, -0.2) is 9.97 Å². The molecule has 1 aromatic carbocycles. The van der Waals surface area contributed by atoms with Crippen molar-refractivity contribution in [2.24, 2.45) is 11.5 Å². The lowest BCUT2D eigenvalue weighted by Gasteiger charge is -2.33. The molecule has 9 heteroatoms. The Morgan fingerprint density at radius 3 is 2.84 bits per heavy atom. The number of anilines is 3. The van der Waals surface area contributed by atoms with Gasteiger partial charge < -0.3 is 27.4 Å². The zero-order valence-corrected chi connectivity index (χ0v) is 17.0. The SMILES string of the molecule is Nc1nc2c(nc1C(=O)Nc1cnccc1N1CCCC(N)C1)-c1ccccc1C2N. The van der Waals surface area contributed by atoms with Gasteiger partial charge in [-0.3, -0.25) is 9.78 Å². The normalized spacial score (nSPS) is 19.6. The Labute approximate surface area is 179 Å². The predicted molar refractivity (Wildman–Crippen MR) is 120 cm³/mol. The van der Waals surface area contributed by atoms with E-state index in [-0.39, 0.29) is 17.6 Å². The number of nitrogen functional groups attached to an aromatic ring is 1. The summed E-state index contributed by atoms with van der Waals surface area (Å²) in [4.78, 5) is 28.4. The Morgan fingerprint density at radius 2 is 2.00 bits per heavy atom. The molecule has 1 aliphatic heterocycles. The first-order valence-corrected chi connectivity index (χ1v) is 10.3. The van der Waals surface area contributed by atoms with E-state index in [0.717, 1.165) is 42.7 Å². The van der Waals surface area contributed by atoms with E-state index in [1.807, 2.05) is 30.3 Å². The summed E-state index contributed by atoms with van der Waals surface area (Å²) in [6.07, 6.45) is 5.32. The molecule has 0 bridgehead atoms. The first kappa shape index (κ1) is 19.4. The largest absolute Gasteiger partial charge is 0.382 e. The lowest BCUT2D eigenvalue weighted by molar-refractivity contribution is 0.102. The summed E-state index contributed by atoms with van der Waals surface area (Å²) in [5.41, 5.74) is 23.0. The number of nitrogens with one attached hydrogen (secondary N) is 1. The number of nitrogens with zero attached hydrogens (tertiary/aromatic N) is 4. The summed E-state index contributed by atoms with van der Waals surface area (Å²) in [5, 5.41) is 2.91. The van der Waals surface area contributed by atoms with Crippen LogP contribution in [0.25, 0.3) is 11.3 Å². The minimum absolute atomic E-state index is 0.0462. The molecule has 2 aromatic heterocycles. The van der Waals surface area contributed by atoms with Gasteiger partial charge in [0, 0.05) is 30.9 Å². The van der Waals surface area contributed by atoms with Crippen LogP contribution in [0.4, 0.5) is 17.2 Å². The van der Waals surface area contributed by atoms with Crippen molar-refractivity contribution >= 4 is 23.1 Å². The van der Waals surface area contributed by atoms with Crippen LogP contribution in [-0.4, -0.2) is 40.0 Å². The number of carbonyl (C=O) groups is 1. The van der Waals surface area contributed by atoms with Crippen LogP contribution in [0.5, 0.6) is 0 Å². The van der Waals surface area contributed by atoms with Crippen molar-refractivity contribution in [3.63, 3.8) is 0 Å². The molecule has 5 rings (SSSR count). The van der Waals surface area contributed by atoms with E-state index in [2.05, 4.69) is 25.2 Å². The van der Waals surface area contributed by atoms with Crippen LogP contribution in [0.2, 0.25) is 0 Å². The molecule has 0 radical (unpaired) electrons. The summed E-state index contributed by atoms with van der Waals surface area (Å²) in [6, 6.07) is 9.25. The van der Waals surface area contributed by atoms with Gasteiger partial charge in [0.1, 0.15) is 0 Å². The second kappa shape index (κ2) is 7.60. The third-order valence-corrected chi connectivity index (χ3v) is 5.86. The number of nitrogens with two attached hydrogens (primary N) is 3. The third kappa shape index (κ3) is 3.37. The number of fused-ring (bicyclic) bond motifs is 3. The Morgan fingerprint density at radius 1 is 1.16 bits per heavy atom. The number of benzene rings is 1.